The number of fused-ring (bicyclic) bond motifs is 1. The summed E-state index contributed by atoms with van der Waals surface area (Å²) in [4.78, 5) is 0. The number of hydrogen-bond acceptors (Lipinski definition) is 3. The second-order valence-electron chi connectivity index (χ2n) is 4.91. The third-order valence-corrected chi connectivity index (χ3v) is 3.14. The van der Waals surface area contributed by atoms with Crippen LogP contribution in [0.1, 0.15) is 33.1 Å². The lowest BCUT2D eigenvalue weighted by Crippen LogP contribution is -2.38. The molecule has 16 heavy (non-hydrogen) atoms. The predicted molar refractivity (Wildman–Crippen MR) is 61.7 cm³/mol. The Morgan fingerprint density at radius 2 is 2.25 bits per heavy atom. The molecule has 1 aliphatic carbocycles. The van der Waals surface area contributed by atoms with Gasteiger partial charge in [0.2, 0.25) is 5.79 Å². The Morgan fingerprint density at radius 3 is 3.00 bits per heavy atom. The van der Waals surface area contributed by atoms with Crippen LogP contribution in [-0.2, 0) is 9.47 Å². The van der Waals surface area contributed by atoms with Crippen molar-refractivity contribution in [2.75, 3.05) is 13.2 Å². The van der Waals surface area contributed by atoms with Crippen molar-refractivity contribution < 1.29 is 14.6 Å². The van der Waals surface area contributed by atoms with Gasteiger partial charge in [0.15, 0.2) is 0 Å². The fraction of sp³-hybridized carbons (Fsp3) is 0.692. The smallest absolute Gasteiger partial charge is 0.204 e. The van der Waals surface area contributed by atoms with E-state index in [1.165, 1.54) is 0 Å². The van der Waals surface area contributed by atoms with Crippen molar-refractivity contribution in [3.63, 3.8) is 0 Å². The van der Waals surface area contributed by atoms with Crippen molar-refractivity contribution in [1.82, 2.24) is 0 Å². The van der Waals surface area contributed by atoms with Gasteiger partial charge >= 0.3 is 0 Å². The maximum Gasteiger partial charge on any atom is 0.204 e. The molecule has 1 aliphatic heterocycles. The Balaban J connectivity index is 2.11. The molecule has 0 aromatic carbocycles. The molecule has 0 amide bonds. The van der Waals surface area contributed by atoms with E-state index in [0.717, 1.165) is 37.2 Å². The van der Waals surface area contributed by atoms with E-state index in [1.807, 2.05) is 13.8 Å². The van der Waals surface area contributed by atoms with E-state index in [4.69, 9.17) is 14.6 Å². The summed E-state index contributed by atoms with van der Waals surface area (Å²) in [6.45, 7) is 4.77. The lowest BCUT2D eigenvalue weighted by atomic mass is 9.94. The zero-order valence-corrected chi connectivity index (χ0v) is 10.0. The van der Waals surface area contributed by atoms with Crippen LogP contribution in [0.3, 0.4) is 0 Å². The fourth-order valence-electron chi connectivity index (χ4n) is 2.16. The number of aliphatic hydroxyl groups excluding tert-OH is 1. The van der Waals surface area contributed by atoms with E-state index in [-0.39, 0.29) is 6.61 Å². The minimum absolute atomic E-state index is 0.170. The molecule has 0 aromatic rings. The standard InChI is InChI=1S/C13H20O3/c1-13(2)15-9-11-7-6-10(8-14)4-3-5-12(11)16-13/h4-5,11,14H,3,6-9H2,1-2H3/b10-4+,12-5?. The van der Waals surface area contributed by atoms with Gasteiger partial charge in [-0.05, 0) is 30.9 Å². The zero-order valence-electron chi connectivity index (χ0n) is 10.0. The normalized spacial score (nSPS) is 32.3. The number of aliphatic hydroxyl groups is 1. The zero-order chi connectivity index (χ0) is 11.6. The van der Waals surface area contributed by atoms with Crippen molar-refractivity contribution in [3.8, 4) is 0 Å². The van der Waals surface area contributed by atoms with Gasteiger partial charge < -0.3 is 14.6 Å². The Hall–Kier alpha value is -0.800. The summed E-state index contributed by atoms with van der Waals surface area (Å²) in [7, 11) is 0. The van der Waals surface area contributed by atoms with E-state index in [2.05, 4.69) is 12.2 Å². The predicted octanol–water partition coefficient (Wildman–Crippen LogP) is 2.37. The molecule has 0 saturated carbocycles. The quantitative estimate of drug-likeness (QED) is 0.695. The average molecular weight is 224 g/mol. The maximum atomic E-state index is 9.14. The van der Waals surface area contributed by atoms with Crippen LogP contribution in [0.25, 0.3) is 0 Å². The summed E-state index contributed by atoms with van der Waals surface area (Å²) < 4.78 is 11.5. The molecule has 0 bridgehead atoms. The first-order valence-corrected chi connectivity index (χ1v) is 5.92. The molecule has 1 atom stereocenters. The van der Waals surface area contributed by atoms with E-state index in [0.29, 0.717) is 5.92 Å². The van der Waals surface area contributed by atoms with Crippen molar-refractivity contribution in [2.45, 2.75) is 38.9 Å². The molecule has 0 radical (unpaired) electrons. The molecule has 90 valence electrons. The minimum Gasteiger partial charge on any atom is -0.467 e. The summed E-state index contributed by atoms with van der Waals surface area (Å²) in [6, 6.07) is 0. The van der Waals surface area contributed by atoms with Crippen molar-refractivity contribution >= 4 is 0 Å². The van der Waals surface area contributed by atoms with Crippen molar-refractivity contribution in [1.29, 1.82) is 0 Å². The van der Waals surface area contributed by atoms with Crippen molar-refractivity contribution in [3.05, 3.63) is 23.5 Å². The number of ether oxygens (including phenoxy) is 2. The van der Waals surface area contributed by atoms with Crippen LogP contribution in [0.5, 0.6) is 0 Å². The summed E-state index contributed by atoms with van der Waals surface area (Å²) >= 11 is 0. The fourth-order valence-corrected chi connectivity index (χ4v) is 2.16. The van der Waals surface area contributed by atoms with Gasteiger partial charge in [-0.2, -0.15) is 0 Å². The third kappa shape index (κ3) is 2.66. The molecule has 1 N–H and O–H groups in total. The SMILES string of the molecule is CC1(C)OCC2CC/C(CO)=C\CC=C2O1. The summed E-state index contributed by atoms with van der Waals surface area (Å²) in [5.74, 6) is 0.915. The number of hydrogen-bond donors (Lipinski definition) is 1. The summed E-state index contributed by atoms with van der Waals surface area (Å²) in [5, 5.41) is 9.14. The van der Waals surface area contributed by atoms with E-state index >= 15 is 0 Å². The van der Waals surface area contributed by atoms with Gasteiger partial charge in [0.1, 0.15) is 5.76 Å². The van der Waals surface area contributed by atoms with Gasteiger partial charge in [-0.1, -0.05) is 6.08 Å². The summed E-state index contributed by atoms with van der Waals surface area (Å²) in [6.07, 6.45) is 6.98. The first-order chi connectivity index (χ1) is 7.61. The highest BCUT2D eigenvalue weighted by Crippen LogP contribution is 2.33. The topological polar surface area (TPSA) is 38.7 Å². The number of allylic oxidation sites excluding steroid dienone is 2. The molecule has 1 unspecified atom stereocenters. The lowest BCUT2D eigenvalue weighted by molar-refractivity contribution is -0.232. The van der Waals surface area contributed by atoms with Crippen LogP contribution in [0.2, 0.25) is 0 Å². The van der Waals surface area contributed by atoms with Gasteiger partial charge in [-0.15, -0.1) is 0 Å². The highest BCUT2D eigenvalue weighted by atomic mass is 16.7. The van der Waals surface area contributed by atoms with E-state index in [1.54, 1.807) is 0 Å². The monoisotopic (exact) mass is 224 g/mol. The van der Waals surface area contributed by atoms with Crippen LogP contribution < -0.4 is 0 Å². The van der Waals surface area contributed by atoms with Crippen LogP contribution in [0.15, 0.2) is 23.5 Å². The molecule has 2 rings (SSSR count). The minimum atomic E-state index is -0.495. The Morgan fingerprint density at radius 1 is 1.44 bits per heavy atom. The number of rotatable bonds is 1. The van der Waals surface area contributed by atoms with Gasteiger partial charge in [-0.3, -0.25) is 0 Å². The lowest BCUT2D eigenvalue weighted by Gasteiger charge is -2.38. The largest absolute Gasteiger partial charge is 0.467 e. The molecule has 3 heteroatoms. The van der Waals surface area contributed by atoms with Crippen molar-refractivity contribution in [2.24, 2.45) is 5.92 Å². The first kappa shape index (κ1) is 11.7. The first-order valence-electron chi connectivity index (χ1n) is 5.92. The van der Waals surface area contributed by atoms with Crippen LogP contribution in [-0.4, -0.2) is 24.1 Å². The molecule has 1 fully saturated rings. The Kier molecular flexibility index (Phi) is 3.36. The molecule has 0 aromatic heterocycles. The Labute approximate surface area is 96.7 Å². The highest BCUT2D eigenvalue weighted by molar-refractivity contribution is 5.13. The third-order valence-electron chi connectivity index (χ3n) is 3.14. The molecule has 0 spiro atoms. The maximum absolute atomic E-state index is 9.14. The second kappa shape index (κ2) is 4.60. The van der Waals surface area contributed by atoms with Gasteiger partial charge in [-0.25, -0.2) is 0 Å². The van der Waals surface area contributed by atoms with Crippen LogP contribution >= 0.6 is 0 Å². The molecular weight excluding hydrogens is 204 g/mol. The van der Waals surface area contributed by atoms with Gasteiger partial charge in [0.25, 0.3) is 0 Å². The molecule has 1 heterocycles. The van der Waals surface area contributed by atoms with Crippen LogP contribution in [0, 0.1) is 5.92 Å². The molecular formula is C13H20O3. The molecule has 3 nitrogen and oxygen atoms in total. The van der Waals surface area contributed by atoms with E-state index in [9.17, 15) is 0 Å². The van der Waals surface area contributed by atoms with Gasteiger partial charge in [0.05, 0.1) is 13.2 Å². The average Bonchev–Trinajstić information content (AvgIpc) is 2.20. The highest BCUT2D eigenvalue weighted by Gasteiger charge is 2.32. The summed E-state index contributed by atoms with van der Waals surface area (Å²) in [5.41, 5.74) is 1.13. The molecule has 1 saturated heterocycles. The Bertz CT molecular complexity index is 315. The second-order valence-corrected chi connectivity index (χ2v) is 4.91. The van der Waals surface area contributed by atoms with Gasteiger partial charge in [0, 0.05) is 19.8 Å². The molecule has 2 aliphatic rings. The van der Waals surface area contributed by atoms with E-state index < -0.39 is 5.79 Å². The van der Waals surface area contributed by atoms with Crippen LogP contribution in [0.4, 0.5) is 0 Å².